The summed E-state index contributed by atoms with van der Waals surface area (Å²) in [6, 6.07) is 6.21. The average Bonchev–Trinajstić information content (AvgIpc) is 2.54. The highest BCUT2D eigenvalue weighted by Gasteiger charge is 2.30. The van der Waals surface area contributed by atoms with Gasteiger partial charge in [0.2, 0.25) is 0 Å². The van der Waals surface area contributed by atoms with Gasteiger partial charge in [-0.25, -0.2) is 9.00 Å². The first-order valence-corrected chi connectivity index (χ1v) is 8.73. The highest BCUT2D eigenvalue weighted by Crippen LogP contribution is 2.17. The zero-order valence-corrected chi connectivity index (χ0v) is 14.4. The maximum Gasteiger partial charge on any atom is 0.409 e. The monoisotopic (exact) mass is 355 g/mol. The van der Waals surface area contributed by atoms with Gasteiger partial charge in [0.1, 0.15) is 0 Å². The zero-order valence-electron chi connectivity index (χ0n) is 13.6. The SMILES string of the molecule is CCOC(=O)N1CCN(C(=O)c2ccc(NS(=O)O)cc2)[C@H](C)C1. The van der Waals surface area contributed by atoms with Gasteiger partial charge >= 0.3 is 6.09 Å². The van der Waals surface area contributed by atoms with Gasteiger partial charge in [-0.15, -0.1) is 0 Å². The van der Waals surface area contributed by atoms with Crippen molar-refractivity contribution < 1.29 is 23.1 Å². The van der Waals surface area contributed by atoms with Crippen molar-refractivity contribution in [1.29, 1.82) is 0 Å². The highest BCUT2D eigenvalue weighted by atomic mass is 32.2. The molecule has 2 N–H and O–H groups in total. The van der Waals surface area contributed by atoms with Gasteiger partial charge in [0.15, 0.2) is 0 Å². The Bertz CT molecular complexity index is 622. The molecule has 0 aromatic heterocycles. The van der Waals surface area contributed by atoms with Crippen LogP contribution in [0.2, 0.25) is 0 Å². The maximum absolute atomic E-state index is 12.6. The van der Waals surface area contributed by atoms with E-state index in [1.165, 1.54) is 0 Å². The molecular formula is C15H21N3O5S. The predicted molar refractivity (Wildman–Crippen MR) is 89.9 cm³/mol. The van der Waals surface area contributed by atoms with Crippen LogP contribution in [-0.4, -0.2) is 62.8 Å². The molecule has 1 aromatic rings. The van der Waals surface area contributed by atoms with Gasteiger partial charge in [-0.05, 0) is 38.1 Å². The largest absolute Gasteiger partial charge is 0.450 e. The first-order valence-electron chi connectivity index (χ1n) is 7.62. The van der Waals surface area contributed by atoms with Gasteiger partial charge < -0.3 is 14.5 Å². The lowest BCUT2D eigenvalue weighted by Crippen LogP contribution is -2.55. The van der Waals surface area contributed by atoms with E-state index in [1.807, 2.05) is 6.92 Å². The Labute approximate surface area is 143 Å². The van der Waals surface area contributed by atoms with Crippen LogP contribution in [0.15, 0.2) is 24.3 Å². The second-order valence-corrected chi connectivity index (χ2v) is 6.12. The summed E-state index contributed by atoms with van der Waals surface area (Å²) >= 11 is -2.15. The van der Waals surface area contributed by atoms with E-state index in [1.54, 1.807) is 41.0 Å². The van der Waals surface area contributed by atoms with E-state index in [0.717, 1.165) is 0 Å². The van der Waals surface area contributed by atoms with E-state index in [4.69, 9.17) is 9.29 Å². The smallest absolute Gasteiger partial charge is 0.409 e. The van der Waals surface area contributed by atoms with Crippen LogP contribution in [0.1, 0.15) is 24.2 Å². The topological polar surface area (TPSA) is 99.2 Å². The average molecular weight is 355 g/mol. The number of carbonyl (C=O) groups excluding carboxylic acids is 2. The van der Waals surface area contributed by atoms with E-state index in [9.17, 15) is 13.8 Å². The summed E-state index contributed by atoms with van der Waals surface area (Å²) < 4.78 is 26.8. The first-order chi connectivity index (χ1) is 11.4. The van der Waals surface area contributed by atoms with Gasteiger partial charge in [-0.3, -0.25) is 14.1 Å². The minimum atomic E-state index is -2.15. The van der Waals surface area contributed by atoms with Crippen molar-refractivity contribution in [3.63, 3.8) is 0 Å². The Kier molecular flexibility index (Phi) is 6.16. The Morgan fingerprint density at radius 2 is 2.00 bits per heavy atom. The Balaban J connectivity index is 2.00. The van der Waals surface area contributed by atoms with Crippen molar-refractivity contribution in [1.82, 2.24) is 9.80 Å². The third kappa shape index (κ3) is 4.45. The van der Waals surface area contributed by atoms with E-state index in [2.05, 4.69) is 4.72 Å². The van der Waals surface area contributed by atoms with Gasteiger partial charge in [-0.1, -0.05) is 0 Å². The lowest BCUT2D eigenvalue weighted by Gasteiger charge is -2.39. The second-order valence-electron chi connectivity index (χ2n) is 5.42. The summed E-state index contributed by atoms with van der Waals surface area (Å²) in [4.78, 5) is 27.7. The molecule has 24 heavy (non-hydrogen) atoms. The van der Waals surface area contributed by atoms with Crippen molar-refractivity contribution in [2.75, 3.05) is 31.0 Å². The second kappa shape index (κ2) is 8.11. The maximum atomic E-state index is 12.6. The lowest BCUT2D eigenvalue weighted by atomic mass is 10.1. The number of carbonyl (C=O) groups is 2. The van der Waals surface area contributed by atoms with Crippen molar-refractivity contribution in [2.45, 2.75) is 19.9 Å². The summed E-state index contributed by atoms with van der Waals surface area (Å²) in [5, 5.41) is 0. The van der Waals surface area contributed by atoms with E-state index >= 15 is 0 Å². The molecular weight excluding hydrogens is 334 g/mol. The van der Waals surface area contributed by atoms with E-state index < -0.39 is 11.3 Å². The molecule has 8 nitrogen and oxygen atoms in total. The van der Waals surface area contributed by atoms with E-state index in [0.29, 0.717) is 37.5 Å². The fourth-order valence-electron chi connectivity index (χ4n) is 2.59. The normalized spacial score (nSPS) is 18.9. The number of rotatable bonds is 4. The van der Waals surface area contributed by atoms with Crippen LogP contribution in [-0.2, 0) is 16.0 Å². The number of hydrogen-bond donors (Lipinski definition) is 2. The molecule has 1 unspecified atom stereocenters. The third-order valence-corrected chi connectivity index (χ3v) is 4.16. The number of anilines is 1. The molecule has 0 spiro atoms. The fraction of sp³-hybridized carbons (Fsp3) is 0.467. The molecule has 0 bridgehead atoms. The minimum Gasteiger partial charge on any atom is -0.450 e. The summed E-state index contributed by atoms with van der Waals surface area (Å²) in [6.07, 6.45) is -0.358. The van der Waals surface area contributed by atoms with Crippen LogP contribution in [0, 0.1) is 0 Å². The molecule has 2 atom stereocenters. The van der Waals surface area contributed by atoms with Crippen molar-refractivity contribution >= 4 is 29.0 Å². The number of ether oxygens (including phenoxy) is 1. The van der Waals surface area contributed by atoms with Crippen LogP contribution in [0.5, 0.6) is 0 Å². The molecule has 0 saturated carbocycles. The summed E-state index contributed by atoms with van der Waals surface area (Å²) in [6.45, 7) is 5.25. The van der Waals surface area contributed by atoms with Crippen molar-refractivity contribution in [3.8, 4) is 0 Å². The molecule has 0 radical (unpaired) electrons. The molecule has 1 saturated heterocycles. The number of piperazine rings is 1. The molecule has 2 rings (SSSR count). The molecule has 1 aliphatic heterocycles. The summed E-state index contributed by atoms with van der Waals surface area (Å²) in [5.41, 5.74) is 0.938. The Morgan fingerprint density at radius 3 is 2.54 bits per heavy atom. The number of amides is 2. The molecule has 1 aliphatic rings. The van der Waals surface area contributed by atoms with Gasteiger partial charge in [-0.2, -0.15) is 0 Å². The Morgan fingerprint density at radius 1 is 1.33 bits per heavy atom. The molecule has 1 aromatic carbocycles. The van der Waals surface area contributed by atoms with Crippen LogP contribution in [0.3, 0.4) is 0 Å². The molecule has 9 heteroatoms. The lowest BCUT2D eigenvalue weighted by molar-refractivity contribution is 0.0423. The van der Waals surface area contributed by atoms with Crippen LogP contribution < -0.4 is 4.72 Å². The molecule has 2 amide bonds. The molecule has 132 valence electrons. The number of nitrogens with zero attached hydrogens (tertiary/aromatic N) is 2. The van der Waals surface area contributed by atoms with Crippen molar-refractivity contribution in [2.24, 2.45) is 0 Å². The van der Waals surface area contributed by atoms with Gasteiger partial charge in [0.25, 0.3) is 17.2 Å². The van der Waals surface area contributed by atoms with Crippen LogP contribution >= 0.6 is 0 Å². The fourth-order valence-corrected chi connectivity index (χ4v) is 2.93. The molecule has 1 heterocycles. The first kappa shape index (κ1) is 18.2. The third-order valence-electron chi connectivity index (χ3n) is 3.75. The quantitative estimate of drug-likeness (QED) is 0.798. The molecule has 1 fully saturated rings. The van der Waals surface area contributed by atoms with Gasteiger partial charge in [0, 0.05) is 36.9 Å². The summed E-state index contributed by atoms with van der Waals surface area (Å²) in [7, 11) is 0. The van der Waals surface area contributed by atoms with Crippen LogP contribution in [0.25, 0.3) is 0 Å². The predicted octanol–water partition coefficient (Wildman–Crippen LogP) is 1.54. The van der Waals surface area contributed by atoms with Crippen LogP contribution in [0.4, 0.5) is 10.5 Å². The summed E-state index contributed by atoms with van der Waals surface area (Å²) in [5.74, 6) is -0.136. The Hall–Kier alpha value is -2.13. The van der Waals surface area contributed by atoms with E-state index in [-0.39, 0.29) is 18.0 Å². The molecule has 0 aliphatic carbocycles. The number of benzene rings is 1. The van der Waals surface area contributed by atoms with Crippen molar-refractivity contribution in [3.05, 3.63) is 29.8 Å². The number of hydrogen-bond acceptors (Lipinski definition) is 4. The zero-order chi connectivity index (χ0) is 17.7. The standard InChI is InChI=1S/C15H21N3O5S/c1-3-23-15(20)17-8-9-18(11(2)10-17)14(19)12-4-6-13(7-5-12)16-24(21)22/h4-7,11,16H,3,8-10H2,1-2H3,(H,21,22)/t11-/m1/s1. The highest BCUT2D eigenvalue weighted by molar-refractivity contribution is 7.80. The number of nitrogens with one attached hydrogen (secondary N) is 1. The van der Waals surface area contributed by atoms with Gasteiger partial charge in [0.05, 0.1) is 6.61 Å². The minimum absolute atomic E-state index is 0.126.